The normalized spacial score (nSPS) is 28.9. The molecule has 2 aliphatic carbocycles. The molecule has 2 saturated carbocycles. The molecule has 3 rings (SSSR count). The van der Waals surface area contributed by atoms with Gasteiger partial charge in [0.2, 0.25) is 0 Å². The van der Waals surface area contributed by atoms with Gasteiger partial charge in [-0.15, -0.1) is 0 Å². The fourth-order valence-corrected chi connectivity index (χ4v) is 3.90. The Kier molecular flexibility index (Phi) is 3.74. The van der Waals surface area contributed by atoms with Gasteiger partial charge in [-0.25, -0.2) is 0 Å². The molecule has 2 bridgehead atoms. The SMILES string of the molecule is N/C(=N/O)c1ccc(OCC2CC3CCC2C3)cc1Cl. The Morgan fingerprint density at radius 1 is 1.40 bits per heavy atom. The van der Waals surface area contributed by atoms with Gasteiger partial charge in [-0.05, 0) is 55.2 Å². The summed E-state index contributed by atoms with van der Waals surface area (Å²) in [6.07, 6.45) is 5.46. The maximum Gasteiger partial charge on any atom is 0.171 e. The van der Waals surface area contributed by atoms with Crippen LogP contribution in [0.25, 0.3) is 0 Å². The minimum absolute atomic E-state index is 0.00894. The second-order valence-corrected chi connectivity index (χ2v) is 6.28. The first kappa shape index (κ1) is 13.6. The highest BCUT2D eigenvalue weighted by molar-refractivity contribution is 6.34. The molecule has 3 atom stereocenters. The second kappa shape index (κ2) is 5.52. The van der Waals surface area contributed by atoms with Gasteiger partial charge in [-0.3, -0.25) is 0 Å². The molecule has 4 nitrogen and oxygen atoms in total. The molecule has 0 aromatic heterocycles. The summed E-state index contributed by atoms with van der Waals surface area (Å²) in [5, 5.41) is 12.1. The Bertz CT molecular complexity index is 533. The number of nitrogens with two attached hydrogens (primary N) is 1. The van der Waals surface area contributed by atoms with Gasteiger partial charge in [0.25, 0.3) is 0 Å². The van der Waals surface area contributed by atoms with E-state index in [-0.39, 0.29) is 5.84 Å². The lowest BCUT2D eigenvalue weighted by Crippen LogP contribution is -2.18. The van der Waals surface area contributed by atoms with Gasteiger partial charge in [-0.1, -0.05) is 23.2 Å². The van der Waals surface area contributed by atoms with Crippen LogP contribution in [0.4, 0.5) is 0 Å². The molecule has 1 aromatic carbocycles. The van der Waals surface area contributed by atoms with E-state index < -0.39 is 0 Å². The standard InChI is InChI=1S/C15H19ClN2O2/c16-14-7-12(3-4-13(14)15(17)18-19)20-8-11-6-9-1-2-10(11)5-9/h3-4,7,9-11,19H,1-2,5-6,8H2,(H2,17,18). The molecular weight excluding hydrogens is 276 g/mol. The Hall–Kier alpha value is -1.42. The molecular formula is C15H19ClN2O2. The fraction of sp³-hybridized carbons (Fsp3) is 0.533. The van der Waals surface area contributed by atoms with Crippen molar-refractivity contribution in [1.29, 1.82) is 0 Å². The summed E-state index contributed by atoms with van der Waals surface area (Å²) in [6.45, 7) is 0.764. The molecule has 2 aliphatic rings. The van der Waals surface area contributed by atoms with Crippen molar-refractivity contribution in [3.05, 3.63) is 28.8 Å². The van der Waals surface area contributed by atoms with Gasteiger partial charge in [0, 0.05) is 5.56 Å². The van der Waals surface area contributed by atoms with Crippen molar-refractivity contribution < 1.29 is 9.94 Å². The van der Waals surface area contributed by atoms with E-state index in [4.69, 9.17) is 27.3 Å². The number of fused-ring (bicyclic) bond motifs is 2. The van der Waals surface area contributed by atoms with E-state index >= 15 is 0 Å². The highest BCUT2D eigenvalue weighted by Crippen LogP contribution is 2.48. The number of hydrogen-bond acceptors (Lipinski definition) is 3. The molecule has 3 N–H and O–H groups in total. The summed E-state index contributed by atoms with van der Waals surface area (Å²) in [6, 6.07) is 5.25. The van der Waals surface area contributed by atoms with Gasteiger partial charge in [0.15, 0.2) is 5.84 Å². The Morgan fingerprint density at radius 2 is 2.25 bits per heavy atom. The van der Waals surface area contributed by atoms with Gasteiger partial charge < -0.3 is 15.7 Å². The van der Waals surface area contributed by atoms with Crippen LogP contribution >= 0.6 is 11.6 Å². The number of oxime groups is 1. The van der Waals surface area contributed by atoms with E-state index in [0.29, 0.717) is 16.5 Å². The second-order valence-electron chi connectivity index (χ2n) is 5.87. The summed E-state index contributed by atoms with van der Waals surface area (Å²) in [4.78, 5) is 0. The van der Waals surface area contributed by atoms with Crippen LogP contribution in [0.5, 0.6) is 5.75 Å². The first-order valence-electron chi connectivity index (χ1n) is 7.07. The van der Waals surface area contributed by atoms with Crippen LogP contribution in [-0.4, -0.2) is 17.6 Å². The van der Waals surface area contributed by atoms with Crippen LogP contribution in [0.1, 0.15) is 31.2 Å². The summed E-state index contributed by atoms with van der Waals surface area (Å²) >= 11 is 6.11. The summed E-state index contributed by atoms with van der Waals surface area (Å²) in [5.74, 6) is 3.23. The van der Waals surface area contributed by atoms with Crippen LogP contribution in [0.3, 0.4) is 0 Å². The largest absolute Gasteiger partial charge is 0.493 e. The number of ether oxygens (including phenoxy) is 1. The van der Waals surface area contributed by atoms with Crippen molar-refractivity contribution in [2.75, 3.05) is 6.61 Å². The summed E-state index contributed by atoms with van der Waals surface area (Å²) in [7, 11) is 0. The zero-order chi connectivity index (χ0) is 14.1. The van der Waals surface area contributed by atoms with Crippen LogP contribution in [0.15, 0.2) is 23.4 Å². The molecule has 2 fully saturated rings. The zero-order valence-electron chi connectivity index (χ0n) is 11.3. The first-order chi connectivity index (χ1) is 9.67. The Balaban J connectivity index is 1.62. The number of rotatable bonds is 4. The number of hydrogen-bond donors (Lipinski definition) is 2. The van der Waals surface area contributed by atoms with Crippen molar-refractivity contribution in [3.63, 3.8) is 0 Å². The van der Waals surface area contributed by atoms with Gasteiger partial charge in [0.05, 0.1) is 11.6 Å². The van der Waals surface area contributed by atoms with Crippen molar-refractivity contribution in [2.45, 2.75) is 25.7 Å². The molecule has 1 aromatic rings. The third-order valence-electron chi connectivity index (χ3n) is 4.67. The van der Waals surface area contributed by atoms with Crippen molar-refractivity contribution in [2.24, 2.45) is 28.6 Å². The molecule has 20 heavy (non-hydrogen) atoms. The van der Waals surface area contributed by atoms with Crippen molar-refractivity contribution >= 4 is 17.4 Å². The summed E-state index contributed by atoms with van der Waals surface area (Å²) < 4.78 is 5.86. The molecule has 0 amide bonds. The number of benzene rings is 1. The molecule has 0 saturated heterocycles. The van der Waals surface area contributed by atoms with Gasteiger partial charge in [-0.2, -0.15) is 0 Å². The van der Waals surface area contributed by atoms with Crippen LogP contribution in [-0.2, 0) is 0 Å². The Labute approximate surface area is 123 Å². The van der Waals surface area contributed by atoms with Crippen molar-refractivity contribution in [3.8, 4) is 5.75 Å². The molecule has 0 heterocycles. The highest BCUT2D eigenvalue weighted by Gasteiger charge is 2.39. The molecule has 108 valence electrons. The fourth-order valence-electron chi connectivity index (χ4n) is 3.63. The maximum atomic E-state index is 8.66. The zero-order valence-corrected chi connectivity index (χ0v) is 12.0. The van der Waals surface area contributed by atoms with Crippen LogP contribution in [0.2, 0.25) is 5.02 Å². The molecule has 5 heteroatoms. The highest BCUT2D eigenvalue weighted by atomic mass is 35.5. The van der Waals surface area contributed by atoms with E-state index in [1.54, 1.807) is 12.1 Å². The average molecular weight is 295 g/mol. The number of nitrogens with zero attached hydrogens (tertiary/aromatic N) is 1. The topological polar surface area (TPSA) is 67.8 Å². The lowest BCUT2D eigenvalue weighted by molar-refractivity contribution is 0.195. The van der Waals surface area contributed by atoms with Crippen LogP contribution < -0.4 is 10.5 Å². The lowest BCUT2D eigenvalue weighted by atomic mass is 9.89. The summed E-state index contributed by atoms with van der Waals surface area (Å²) in [5.41, 5.74) is 6.05. The molecule has 0 radical (unpaired) electrons. The van der Waals surface area contributed by atoms with Crippen molar-refractivity contribution in [1.82, 2.24) is 0 Å². The van der Waals surface area contributed by atoms with E-state index in [1.807, 2.05) is 6.07 Å². The van der Waals surface area contributed by atoms with Gasteiger partial charge >= 0.3 is 0 Å². The third kappa shape index (κ3) is 2.57. The number of halogens is 1. The maximum absolute atomic E-state index is 8.66. The van der Waals surface area contributed by atoms with Gasteiger partial charge in [0.1, 0.15) is 5.75 Å². The molecule has 0 spiro atoms. The Morgan fingerprint density at radius 3 is 2.85 bits per heavy atom. The minimum Gasteiger partial charge on any atom is -0.493 e. The molecule has 3 unspecified atom stereocenters. The monoisotopic (exact) mass is 294 g/mol. The quantitative estimate of drug-likeness (QED) is 0.388. The minimum atomic E-state index is 0.00894. The molecule has 0 aliphatic heterocycles. The number of amidine groups is 1. The predicted octanol–water partition coefficient (Wildman–Crippen LogP) is 3.25. The first-order valence-corrected chi connectivity index (χ1v) is 7.45. The van der Waals surface area contributed by atoms with E-state index in [2.05, 4.69) is 5.16 Å². The van der Waals surface area contributed by atoms with E-state index in [0.717, 1.165) is 24.2 Å². The predicted molar refractivity (Wildman–Crippen MR) is 78.4 cm³/mol. The van der Waals surface area contributed by atoms with E-state index in [9.17, 15) is 0 Å². The smallest absolute Gasteiger partial charge is 0.171 e. The third-order valence-corrected chi connectivity index (χ3v) is 4.99. The lowest BCUT2D eigenvalue weighted by Gasteiger charge is -2.21. The average Bonchev–Trinajstić information content (AvgIpc) is 3.07. The van der Waals surface area contributed by atoms with E-state index in [1.165, 1.54) is 25.7 Å². The van der Waals surface area contributed by atoms with Crippen LogP contribution in [0, 0.1) is 17.8 Å².